The number of nitrogens with zero attached hydrogens (tertiary/aromatic N) is 2. The molecule has 3 rings (SSSR count). The highest BCUT2D eigenvalue weighted by Crippen LogP contribution is 2.27. The molecule has 0 aliphatic rings. The van der Waals surface area contributed by atoms with Crippen molar-refractivity contribution in [3.05, 3.63) is 65.1 Å². The number of hydrogen-bond donors (Lipinski definition) is 1. The zero-order valence-electron chi connectivity index (χ0n) is 16.8. The van der Waals surface area contributed by atoms with E-state index in [4.69, 9.17) is 11.6 Å². The van der Waals surface area contributed by atoms with Crippen LogP contribution in [0.2, 0.25) is 5.02 Å². The summed E-state index contributed by atoms with van der Waals surface area (Å²) in [6.45, 7) is 0.177. The van der Waals surface area contributed by atoms with Crippen molar-refractivity contribution in [2.75, 3.05) is 19.8 Å². The number of halogens is 2. The van der Waals surface area contributed by atoms with E-state index in [2.05, 4.69) is 10.2 Å². The van der Waals surface area contributed by atoms with Crippen LogP contribution in [-0.4, -0.2) is 51.2 Å². The van der Waals surface area contributed by atoms with Gasteiger partial charge in [-0.3, -0.25) is 5.10 Å². The predicted octanol–water partition coefficient (Wildman–Crippen LogP) is 3.53. The Balaban J connectivity index is 1.68. The molecule has 1 aromatic heterocycles. The van der Waals surface area contributed by atoms with Gasteiger partial charge in [-0.25, -0.2) is 25.5 Å². The van der Waals surface area contributed by atoms with Gasteiger partial charge in [0.05, 0.1) is 15.6 Å². The smallest absolute Gasteiger partial charge is 0.244 e. The lowest BCUT2D eigenvalue weighted by molar-refractivity contribution is 0.460. The SMILES string of the molecule is CN(CCCc1cc(-c2cccc(F)c2)n[nH]1)S(=O)(=O)c1cc(S(C)(=O)=O)ccc1Cl. The van der Waals surface area contributed by atoms with Crippen molar-refractivity contribution in [1.29, 1.82) is 0 Å². The van der Waals surface area contributed by atoms with E-state index in [1.165, 1.54) is 31.3 Å². The summed E-state index contributed by atoms with van der Waals surface area (Å²) < 4.78 is 63.8. The number of H-pyrrole nitrogens is 1. The molecular formula is C20H21ClFN3O4S2. The van der Waals surface area contributed by atoms with E-state index in [1.807, 2.05) is 0 Å². The number of nitrogens with one attached hydrogen (secondary N) is 1. The van der Waals surface area contributed by atoms with Gasteiger partial charge in [0.1, 0.15) is 10.7 Å². The van der Waals surface area contributed by atoms with Crippen LogP contribution in [0, 0.1) is 5.82 Å². The van der Waals surface area contributed by atoms with Crippen molar-refractivity contribution in [3.8, 4) is 11.3 Å². The van der Waals surface area contributed by atoms with Crippen LogP contribution >= 0.6 is 11.6 Å². The molecule has 0 aliphatic carbocycles. The first-order chi connectivity index (χ1) is 14.5. The van der Waals surface area contributed by atoms with E-state index in [1.54, 1.807) is 18.2 Å². The lowest BCUT2D eigenvalue weighted by Gasteiger charge is -2.18. The van der Waals surface area contributed by atoms with Crippen LogP contribution in [0.4, 0.5) is 4.39 Å². The highest BCUT2D eigenvalue weighted by atomic mass is 35.5. The first-order valence-corrected chi connectivity index (χ1v) is 13.0. The van der Waals surface area contributed by atoms with Crippen LogP contribution < -0.4 is 0 Å². The number of hydrogen-bond acceptors (Lipinski definition) is 5. The average Bonchev–Trinajstić information content (AvgIpc) is 3.16. The van der Waals surface area contributed by atoms with E-state index < -0.39 is 19.9 Å². The van der Waals surface area contributed by atoms with Crippen molar-refractivity contribution < 1.29 is 21.2 Å². The molecule has 0 aliphatic heterocycles. The maximum atomic E-state index is 13.4. The van der Waals surface area contributed by atoms with Crippen LogP contribution in [0.15, 0.2) is 58.3 Å². The Morgan fingerprint density at radius 2 is 1.84 bits per heavy atom. The molecule has 0 bridgehead atoms. The highest BCUT2D eigenvalue weighted by Gasteiger charge is 2.25. The van der Waals surface area contributed by atoms with Crippen LogP contribution in [0.25, 0.3) is 11.3 Å². The fraction of sp³-hybridized carbons (Fsp3) is 0.250. The van der Waals surface area contributed by atoms with E-state index >= 15 is 0 Å². The molecule has 166 valence electrons. The highest BCUT2D eigenvalue weighted by molar-refractivity contribution is 7.91. The summed E-state index contributed by atoms with van der Waals surface area (Å²) in [5.74, 6) is -0.354. The van der Waals surface area contributed by atoms with Crippen LogP contribution in [0.1, 0.15) is 12.1 Å². The monoisotopic (exact) mass is 485 g/mol. The number of sulfone groups is 1. The Hall–Kier alpha value is -2.27. The largest absolute Gasteiger partial charge is 0.282 e. The second-order valence-corrected chi connectivity index (χ2v) is 11.5. The van der Waals surface area contributed by atoms with E-state index in [-0.39, 0.29) is 27.2 Å². The predicted molar refractivity (Wildman–Crippen MR) is 117 cm³/mol. The quantitative estimate of drug-likeness (QED) is 0.526. The summed E-state index contributed by atoms with van der Waals surface area (Å²) in [5.41, 5.74) is 2.02. The normalized spacial score (nSPS) is 12.4. The average molecular weight is 486 g/mol. The molecule has 0 amide bonds. The van der Waals surface area contributed by atoms with Gasteiger partial charge < -0.3 is 0 Å². The Labute approximate surface area is 185 Å². The molecule has 31 heavy (non-hydrogen) atoms. The van der Waals surface area contributed by atoms with Gasteiger partial charge in [-0.05, 0) is 49.2 Å². The number of aryl methyl sites for hydroxylation is 1. The van der Waals surface area contributed by atoms with Crippen molar-refractivity contribution in [2.45, 2.75) is 22.6 Å². The van der Waals surface area contributed by atoms with Gasteiger partial charge in [0.15, 0.2) is 9.84 Å². The van der Waals surface area contributed by atoms with Crippen LogP contribution in [0.3, 0.4) is 0 Å². The summed E-state index contributed by atoms with van der Waals surface area (Å²) in [6, 6.07) is 11.5. The molecule has 3 aromatic rings. The van der Waals surface area contributed by atoms with Gasteiger partial charge >= 0.3 is 0 Å². The Morgan fingerprint density at radius 1 is 1.10 bits per heavy atom. The molecule has 1 N–H and O–H groups in total. The number of aromatic nitrogens is 2. The van der Waals surface area contributed by atoms with Crippen molar-refractivity contribution in [2.24, 2.45) is 0 Å². The van der Waals surface area contributed by atoms with E-state index in [0.29, 0.717) is 24.1 Å². The molecule has 0 saturated heterocycles. The summed E-state index contributed by atoms with van der Waals surface area (Å²) in [7, 11) is -6.15. The molecule has 7 nitrogen and oxygen atoms in total. The summed E-state index contributed by atoms with van der Waals surface area (Å²) in [6.07, 6.45) is 1.99. The third-order valence-electron chi connectivity index (χ3n) is 4.69. The fourth-order valence-electron chi connectivity index (χ4n) is 2.98. The molecule has 0 unspecified atom stereocenters. The third kappa shape index (κ3) is 5.51. The Bertz CT molecular complexity index is 1310. The van der Waals surface area contributed by atoms with Gasteiger partial charge in [-0.15, -0.1) is 0 Å². The lowest BCUT2D eigenvalue weighted by Crippen LogP contribution is -2.28. The fourth-order valence-corrected chi connectivity index (χ4v) is 5.41. The molecular weight excluding hydrogens is 465 g/mol. The minimum absolute atomic E-state index is 0.0486. The lowest BCUT2D eigenvalue weighted by atomic mass is 10.1. The van der Waals surface area contributed by atoms with E-state index in [0.717, 1.165) is 22.3 Å². The van der Waals surface area contributed by atoms with Gasteiger partial charge in [0, 0.05) is 31.1 Å². The van der Waals surface area contributed by atoms with Crippen molar-refractivity contribution in [3.63, 3.8) is 0 Å². The molecule has 0 spiro atoms. The van der Waals surface area contributed by atoms with Crippen LogP contribution in [-0.2, 0) is 26.3 Å². The molecule has 11 heteroatoms. The third-order valence-corrected chi connectivity index (χ3v) is 8.14. The molecule has 0 fully saturated rings. The second kappa shape index (κ2) is 9.07. The first kappa shape index (κ1) is 23.4. The van der Waals surface area contributed by atoms with Crippen molar-refractivity contribution >= 4 is 31.5 Å². The summed E-state index contributed by atoms with van der Waals surface area (Å²) >= 11 is 6.04. The molecule has 1 heterocycles. The zero-order valence-corrected chi connectivity index (χ0v) is 19.2. The Kier molecular flexibility index (Phi) is 6.85. The summed E-state index contributed by atoms with van der Waals surface area (Å²) in [4.78, 5) is -0.374. The van der Waals surface area contributed by atoms with Gasteiger partial charge in [-0.1, -0.05) is 23.7 Å². The number of rotatable bonds is 8. The van der Waals surface area contributed by atoms with Gasteiger partial charge in [0.25, 0.3) is 0 Å². The second-order valence-electron chi connectivity index (χ2n) is 7.08. The maximum absolute atomic E-state index is 13.4. The molecule has 2 aromatic carbocycles. The molecule has 0 radical (unpaired) electrons. The Morgan fingerprint density at radius 3 is 2.52 bits per heavy atom. The topological polar surface area (TPSA) is 100 Å². The van der Waals surface area contributed by atoms with E-state index in [9.17, 15) is 21.2 Å². The minimum atomic E-state index is -3.98. The number of benzene rings is 2. The summed E-state index contributed by atoms with van der Waals surface area (Å²) in [5, 5.41) is 6.99. The van der Waals surface area contributed by atoms with Crippen molar-refractivity contribution in [1.82, 2.24) is 14.5 Å². The van der Waals surface area contributed by atoms with Gasteiger partial charge in [0.2, 0.25) is 10.0 Å². The first-order valence-electron chi connectivity index (χ1n) is 9.24. The maximum Gasteiger partial charge on any atom is 0.244 e. The zero-order chi connectivity index (χ0) is 22.8. The van der Waals surface area contributed by atoms with Crippen LogP contribution in [0.5, 0.6) is 0 Å². The molecule has 0 atom stereocenters. The standard InChI is InChI=1S/C20H21ClFN3O4S2/c1-25(31(28,29)20-13-17(30(2,26)27)8-9-18(20)21)10-4-7-16-12-19(24-23-16)14-5-3-6-15(22)11-14/h3,5-6,8-9,11-13H,4,7,10H2,1-2H3,(H,23,24). The van der Waals surface area contributed by atoms with Gasteiger partial charge in [-0.2, -0.15) is 5.10 Å². The number of aromatic amines is 1. The molecule has 0 saturated carbocycles. The number of sulfonamides is 1. The minimum Gasteiger partial charge on any atom is -0.282 e.